The van der Waals surface area contributed by atoms with Gasteiger partial charge in [-0.1, -0.05) is 18.6 Å². The number of hydrogen-bond donors (Lipinski definition) is 1. The summed E-state index contributed by atoms with van der Waals surface area (Å²) in [6.45, 7) is 1.79. The zero-order chi connectivity index (χ0) is 15.3. The van der Waals surface area contributed by atoms with Crippen molar-refractivity contribution in [2.45, 2.75) is 44.4 Å². The van der Waals surface area contributed by atoms with E-state index in [0.717, 1.165) is 19.1 Å². The lowest BCUT2D eigenvalue weighted by molar-refractivity contribution is -0.158. The molecule has 0 bridgehead atoms. The van der Waals surface area contributed by atoms with Crippen molar-refractivity contribution in [3.05, 3.63) is 48.3 Å². The van der Waals surface area contributed by atoms with E-state index in [0.29, 0.717) is 17.6 Å². The summed E-state index contributed by atoms with van der Waals surface area (Å²) in [6, 6.07) is 11.4. The number of benzene rings is 1. The highest BCUT2D eigenvalue weighted by Gasteiger charge is 2.66. The smallest absolute Gasteiger partial charge is 0.0699 e. The van der Waals surface area contributed by atoms with Crippen molar-refractivity contribution in [2.24, 2.45) is 11.3 Å². The molecule has 1 saturated heterocycles. The van der Waals surface area contributed by atoms with Gasteiger partial charge in [0.05, 0.1) is 12.6 Å². The molecule has 23 heavy (non-hydrogen) atoms. The summed E-state index contributed by atoms with van der Waals surface area (Å²) in [5, 5.41) is 8.09. The highest BCUT2D eigenvalue weighted by Crippen LogP contribution is 2.63. The van der Waals surface area contributed by atoms with Gasteiger partial charge in [-0.05, 0) is 43.0 Å². The highest BCUT2D eigenvalue weighted by molar-refractivity contribution is 5.48. The van der Waals surface area contributed by atoms with Crippen LogP contribution in [0.15, 0.2) is 42.7 Å². The van der Waals surface area contributed by atoms with Crippen molar-refractivity contribution in [1.29, 1.82) is 0 Å². The second-order valence-corrected chi connectivity index (χ2v) is 7.35. The number of nitrogens with one attached hydrogen (secondary N) is 1. The van der Waals surface area contributed by atoms with Crippen LogP contribution in [0.4, 0.5) is 5.69 Å². The lowest BCUT2D eigenvalue weighted by atomic mass is 9.46. The van der Waals surface area contributed by atoms with Crippen molar-refractivity contribution in [1.82, 2.24) is 9.78 Å². The Balaban J connectivity index is 1.29. The molecule has 2 heterocycles. The summed E-state index contributed by atoms with van der Waals surface area (Å²) in [4.78, 5) is 0. The van der Waals surface area contributed by atoms with Crippen LogP contribution in [0.2, 0.25) is 0 Å². The fraction of sp³-hybridized carbons (Fsp3) is 0.526. The van der Waals surface area contributed by atoms with Crippen molar-refractivity contribution < 1.29 is 4.74 Å². The first-order valence-electron chi connectivity index (χ1n) is 8.80. The maximum Gasteiger partial charge on any atom is 0.0699 e. The molecular weight excluding hydrogens is 286 g/mol. The topological polar surface area (TPSA) is 39.1 Å². The Morgan fingerprint density at radius 1 is 1.26 bits per heavy atom. The van der Waals surface area contributed by atoms with Crippen LogP contribution in [0.1, 0.15) is 31.2 Å². The Labute approximate surface area is 136 Å². The average Bonchev–Trinajstić information content (AvgIpc) is 3.16. The van der Waals surface area contributed by atoms with Gasteiger partial charge in [0.1, 0.15) is 0 Å². The van der Waals surface area contributed by atoms with E-state index in [1.807, 2.05) is 23.1 Å². The van der Waals surface area contributed by atoms with Gasteiger partial charge in [-0.2, -0.15) is 5.10 Å². The normalized spacial score (nSPS) is 30.5. The molecule has 2 aliphatic carbocycles. The molecule has 120 valence electrons. The Kier molecular flexibility index (Phi) is 3.02. The fourth-order valence-corrected chi connectivity index (χ4v) is 4.92. The minimum absolute atomic E-state index is 0.439. The monoisotopic (exact) mass is 309 g/mol. The van der Waals surface area contributed by atoms with Crippen LogP contribution in [-0.2, 0) is 11.3 Å². The van der Waals surface area contributed by atoms with E-state index in [1.54, 1.807) is 0 Å². The Hall–Kier alpha value is -1.81. The molecule has 3 aliphatic rings. The van der Waals surface area contributed by atoms with E-state index in [1.165, 1.54) is 36.9 Å². The van der Waals surface area contributed by atoms with E-state index >= 15 is 0 Å². The third kappa shape index (κ3) is 2.04. The van der Waals surface area contributed by atoms with Crippen LogP contribution in [0.5, 0.6) is 0 Å². The van der Waals surface area contributed by atoms with Gasteiger partial charge in [0, 0.05) is 42.1 Å². The molecule has 4 heteroatoms. The molecule has 0 amide bonds. The van der Waals surface area contributed by atoms with E-state index in [9.17, 15) is 0 Å². The number of anilines is 1. The summed E-state index contributed by atoms with van der Waals surface area (Å²) in [5.74, 6) is 0.721. The number of nitrogens with zero attached hydrogens (tertiary/aromatic N) is 2. The van der Waals surface area contributed by atoms with Crippen molar-refractivity contribution >= 4 is 5.69 Å². The van der Waals surface area contributed by atoms with Gasteiger partial charge < -0.3 is 10.1 Å². The second kappa shape index (κ2) is 5.10. The molecule has 1 aromatic heterocycles. The summed E-state index contributed by atoms with van der Waals surface area (Å²) in [5.41, 5.74) is 2.97. The molecule has 1 aliphatic heterocycles. The molecule has 5 rings (SSSR count). The SMILES string of the molecule is c1cnn(Cc2ccc(N[C@@H]3[C@H]4CCO[C@@H]4C34CCC4)cc2)c1. The summed E-state index contributed by atoms with van der Waals surface area (Å²) in [6.07, 6.45) is 9.63. The third-order valence-electron chi connectivity index (χ3n) is 6.22. The zero-order valence-electron chi connectivity index (χ0n) is 13.3. The molecule has 1 N–H and O–H groups in total. The summed E-state index contributed by atoms with van der Waals surface area (Å²) in [7, 11) is 0. The van der Waals surface area contributed by atoms with Gasteiger partial charge in [0.2, 0.25) is 0 Å². The molecule has 2 aromatic rings. The van der Waals surface area contributed by atoms with E-state index < -0.39 is 0 Å². The molecule has 2 saturated carbocycles. The largest absolute Gasteiger partial charge is 0.381 e. The molecular formula is C19H23N3O. The molecule has 1 aromatic carbocycles. The predicted molar refractivity (Wildman–Crippen MR) is 89.3 cm³/mol. The predicted octanol–water partition coefficient (Wildman–Crippen LogP) is 3.30. The van der Waals surface area contributed by atoms with E-state index in [2.05, 4.69) is 34.7 Å². The first kappa shape index (κ1) is 13.6. The minimum atomic E-state index is 0.439. The van der Waals surface area contributed by atoms with Crippen molar-refractivity contribution in [3.8, 4) is 0 Å². The first-order chi connectivity index (χ1) is 11.4. The van der Waals surface area contributed by atoms with Gasteiger partial charge in [-0.3, -0.25) is 4.68 Å². The molecule has 4 nitrogen and oxygen atoms in total. The number of rotatable bonds is 4. The molecule has 0 radical (unpaired) electrons. The fourth-order valence-electron chi connectivity index (χ4n) is 4.92. The standard InChI is InChI=1S/C19H23N3O/c1-8-19(9-1)17(16-7-12-23-18(16)19)21-15-5-3-14(4-6-15)13-22-11-2-10-20-22/h2-6,10-11,16-18,21H,1,7-9,12-13H2/t16-,17-,18+/m1/s1. The lowest BCUT2D eigenvalue weighted by Crippen LogP contribution is -2.68. The van der Waals surface area contributed by atoms with Crippen molar-refractivity contribution in [2.75, 3.05) is 11.9 Å². The average molecular weight is 309 g/mol. The Morgan fingerprint density at radius 2 is 2.13 bits per heavy atom. The maximum atomic E-state index is 6.01. The summed E-state index contributed by atoms with van der Waals surface area (Å²) < 4.78 is 7.96. The molecule has 3 atom stereocenters. The van der Waals surface area contributed by atoms with Gasteiger partial charge in [0.15, 0.2) is 0 Å². The molecule has 1 spiro atoms. The first-order valence-corrected chi connectivity index (χ1v) is 8.80. The van der Waals surface area contributed by atoms with Crippen LogP contribution in [0, 0.1) is 11.3 Å². The van der Waals surface area contributed by atoms with E-state index in [-0.39, 0.29) is 0 Å². The lowest BCUT2D eigenvalue weighted by Gasteiger charge is -2.63. The van der Waals surface area contributed by atoms with Crippen LogP contribution in [0.25, 0.3) is 0 Å². The number of aromatic nitrogens is 2. The van der Waals surface area contributed by atoms with Gasteiger partial charge >= 0.3 is 0 Å². The third-order valence-corrected chi connectivity index (χ3v) is 6.22. The quantitative estimate of drug-likeness (QED) is 0.942. The van der Waals surface area contributed by atoms with Crippen LogP contribution in [-0.4, -0.2) is 28.5 Å². The Morgan fingerprint density at radius 3 is 2.83 bits per heavy atom. The maximum absolute atomic E-state index is 6.01. The van der Waals surface area contributed by atoms with Gasteiger partial charge in [-0.15, -0.1) is 0 Å². The molecule has 3 fully saturated rings. The van der Waals surface area contributed by atoms with Gasteiger partial charge in [-0.25, -0.2) is 0 Å². The summed E-state index contributed by atoms with van der Waals surface area (Å²) >= 11 is 0. The number of hydrogen-bond acceptors (Lipinski definition) is 3. The highest BCUT2D eigenvalue weighted by atomic mass is 16.5. The minimum Gasteiger partial charge on any atom is -0.381 e. The Bertz CT molecular complexity index is 675. The van der Waals surface area contributed by atoms with Crippen LogP contribution in [0.3, 0.4) is 0 Å². The van der Waals surface area contributed by atoms with Crippen molar-refractivity contribution in [3.63, 3.8) is 0 Å². The number of ether oxygens (including phenoxy) is 1. The second-order valence-electron chi connectivity index (χ2n) is 7.35. The van der Waals surface area contributed by atoms with Crippen LogP contribution >= 0.6 is 0 Å². The molecule has 0 unspecified atom stereocenters. The van der Waals surface area contributed by atoms with Crippen LogP contribution < -0.4 is 5.32 Å². The zero-order valence-corrected chi connectivity index (χ0v) is 13.3. The number of fused-ring (bicyclic) bond motifs is 2. The van der Waals surface area contributed by atoms with E-state index in [4.69, 9.17) is 4.74 Å². The van der Waals surface area contributed by atoms with Gasteiger partial charge in [0.25, 0.3) is 0 Å².